The number of carboxylic acid groups (broad SMARTS) is 1. The van der Waals surface area contributed by atoms with Crippen molar-refractivity contribution in [1.29, 1.82) is 0 Å². The molecule has 0 amide bonds. The van der Waals surface area contributed by atoms with Crippen LogP contribution in [0.25, 0.3) is 0 Å². The van der Waals surface area contributed by atoms with Gasteiger partial charge in [0.1, 0.15) is 5.54 Å². The molecule has 4 nitrogen and oxygen atoms in total. The molecule has 1 aromatic carbocycles. The van der Waals surface area contributed by atoms with Crippen LogP contribution in [0.15, 0.2) is 28.7 Å². The number of benzene rings is 1. The SMILES string of the molecule is CCC1CC(Nc2cccc(Br)c2)(C(=O)O)CCO1. The van der Waals surface area contributed by atoms with Gasteiger partial charge in [-0.15, -0.1) is 0 Å². The summed E-state index contributed by atoms with van der Waals surface area (Å²) in [4.78, 5) is 11.7. The molecule has 0 aromatic heterocycles. The van der Waals surface area contributed by atoms with Gasteiger partial charge >= 0.3 is 5.97 Å². The molecule has 0 aliphatic carbocycles. The van der Waals surface area contributed by atoms with Gasteiger partial charge in [0.2, 0.25) is 0 Å². The molecule has 2 N–H and O–H groups in total. The standard InChI is InChI=1S/C14H18BrNO3/c1-2-12-9-14(13(17)18,6-7-19-12)16-11-5-3-4-10(15)8-11/h3-5,8,12,16H,2,6-7,9H2,1H3,(H,17,18). The Bertz CT molecular complexity index is 466. The summed E-state index contributed by atoms with van der Waals surface area (Å²) in [5.41, 5.74) is -0.117. The van der Waals surface area contributed by atoms with Gasteiger partial charge in [-0.25, -0.2) is 4.79 Å². The monoisotopic (exact) mass is 327 g/mol. The van der Waals surface area contributed by atoms with Gasteiger partial charge in [0, 0.05) is 29.6 Å². The highest BCUT2D eigenvalue weighted by atomic mass is 79.9. The molecule has 19 heavy (non-hydrogen) atoms. The van der Waals surface area contributed by atoms with Crippen molar-refractivity contribution in [3.05, 3.63) is 28.7 Å². The minimum atomic E-state index is -0.931. The van der Waals surface area contributed by atoms with E-state index in [9.17, 15) is 9.90 Å². The molecule has 1 fully saturated rings. The Morgan fingerprint density at radius 2 is 2.42 bits per heavy atom. The molecular formula is C14H18BrNO3. The smallest absolute Gasteiger partial charge is 0.329 e. The zero-order chi connectivity index (χ0) is 13.9. The third kappa shape index (κ3) is 3.28. The van der Waals surface area contributed by atoms with Gasteiger partial charge in [-0.1, -0.05) is 28.9 Å². The number of ether oxygens (including phenoxy) is 1. The van der Waals surface area contributed by atoms with Gasteiger partial charge < -0.3 is 15.2 Å². The molecule has 2 rings (SSSR count). The van der Waals surface area contributed by atoms with Crippen LogP contribution in [0.5, 0.6) is 0 Å². The third-order valence-corrected chi connectivity index (χ3v) is 4.02. The Kier molecular flexibility index (Phi) is 4.47. The predicted molar refractivity (Wildman–Crippen MR) is 77.4 cm³/mol. The Hall–Kier alpha value is -1.07. The first-order valence-corrected chi connectivity index (χ1v) is 7.24. The first kappa shape index (κ1) is 14.3. The summed E-state index contributed by atoms with van der Waals surface area (Å²) in [6, 6.07) is 7.57. The molecule has 1 aromatic rings. The maximum absolute atomic E-state index is 11.7. The zero-order valence-corrected chi connectivity index (χ0v) is 12.4. The van der Waals surface area contributed by atoms with Crippen molar-refractivity contribution in [2.45, 2.75) is 37.8 Å². The highest BCUT2D eigenvalue weighted by molar-refractivity contribution is 9.10. The van der Waals surface area contributed by atoms with Crippen LogP contribution >= 0.6 is 15.9 Å². The van der Waals surface area contributed by atoms with Crippen LogP contribution in [0, 0.1) is 0 Å². The summed E-state index contributed by atoms with van der Waals surface area (Å²) in [7, 11) is 0. The molecule has 1 aliphatic heterocycles. The lowest BCUT2D eigenvalue weighted by Gasteiger charge is -2.38. The molecular weight excluding hydrogens is 310 g/mol. The summed E-state index contributed by atoms with van der Waals surface area (Å²) in [6.07, 6.45) is 1.80. The number of nitrogens with one attached hydrogen (secondary N) is 1. The summed E-state index contributed by atoms with van der Waals surface area (Å²) < 4.78 is 6.51. The van der Waals surface area contributed by atoms with Crippen molar-refractivity contribution >= 4 is 27.6 Å². The number of rotatable bonds is 4. The highest BCUT2D eigenvalue weighted by Crippen LogP contribution is 2.31. The Balaban J connectivity index is 2.22. The van der Waals surface area contributed by atoms with Gasteiger partial charge in [-0.05, 0) is 24.6 Å². The van der Waals surface area contributed by atoms with E-state index in [1.54, 1.807) is 0 Å². The fraction of sp³-hybridized carbons (Fsp3) is 0.500. The number of halogens is 1. The quantitative estimate of drug-likeness (QED) is 0.891. The first-order valence-electron chi connectivity index (χ1n) is 6.44. The average Bonchev–Trinajstić information content (AvgIpc) is 2.38. The summed E-state index contributed by atoms with van der Waals surface area (Å²) in [5, 5.41) is 12.8. The van der Waals surface area contributed by atoms with Gasteiger partial charge in [0.15, 0.2) is 0 Å². The first-order chi connectivity index (χ1) is 9.05. The molecule has 2 unspecified atom stereocenters. The normalized spacial score (nSPS) is 26.9. The van der Waals surface area contributed by atoms with Crippen molar-refractivity contribution in [2.24, 2.45) is 0 Å². The lowest BCUT2D eigenvalue weighted by Crippen LogP contribution is -2.52. The van der Waals surface area contributed by atoms with Crippen LogP contribution in [-0.2, 0) is 9.53 Å². The third-order valence-electron chi connectivity index (χ3n) is 3.53. The molecule has 0 spiro atoms. The molecule has 2 atom stereocenters. The summed E-state index contributed by atoms with van der Waals surface area (Å²) in [5.74, 6) is -0.811. The number of carboxylic acids is 1. The second-order valence-electron chi connectivity index (χ2n) is 4.88. The van der Waals surface area contributed by atoms with E-state index in [0.717, 1.165) is 16.6 Å². The molecule has 1 heterocycles. The lowest BCUT2D eigenvalue weighted by molar-refractivity contribution is -0.148. The molecule has 1 saturated heterocycles. The Morgan fingerprint density at radius 1 is 1.63 bits per heavy atom. The predicted octanol–water partition coefficient (Wildman–Crippen LogP) is 3.27. The van der Waals surface area contributed by atoms with E-state index >= 15 is 0 Å². The molecule has 0 radical (unpaired) electrons. The van der Waals surface area contributed by atoms with E-state index in [1.807, 2.05) is 31.2 Å². The fourth-order valence-corrected chi connectivity index (χ4v) is 2.81. The van der Waals surface area contributed by atoms with Crippen molar-refractivity contribution in [2.75, 3.05) is 11.9 Å². The fourth-order valence-electron chi connectivity index (χ4n) is 2.42. The average molecular weight is 328 g/mol. The molecule has 0 bridgehead atoms. The number of carbonyl (C=O) groups is 1. The topological polar surface area (TPSA) is 58.6 Å². The van der Waals surface area contributed by atoms with Gasteiger partial charge in [-0.3, -0.25) is 0 Å². The van der Waals surface area contributed by atoms with E-state index in [4.69, 9.17) is 4.74 Å². The zero-order valence-electron chi connectivity index (χ0n) is 10.9. The largest absolute Gasteiger partial charge is 0.480 e. The minimum Gasteiger partial charge on any atom is -0.480 e. The van der Waals surface area contributed by atoms with Crippen LogP contribution in [0.4, 0.5) is 5.69 Å². The van der Waals surface area contributed by atoms with E-state index in [0.29, 0.717) is 19.4 Å². The van der Waals surface area contributed by atoms with Crippen molar-refractivity contribution in [3.8, 4) is 0 Å². The second-order valence-corrected chi connectivity index (χ2v) is 5.79. The maximum Gasteiger partial charge on any atom is 0.329 e. The Labute approximate surface area is 121 Å². The molecule has 1 aliphatic rings. The van der Waals surface area contributed by atoms with Gasteiger partial charge in [0.25, 0.3) is 0 Å². The van der Waals surface area contributed by atoms with Crippen LogP contribution in [0.2, 0.25) is 0 Å². The number of hydrogen-bond donors (Lipinski definition) is 2. The minimum absolute atomic E-state index is 0.00417. The number of anilines is 1. The van der Waals surface area contributed by atoms with Crippen molar-refractivity contribution in [3.63, 3.8) is 0 Å². The van der Waals surface area contributed by atoms with E-state index in [-0.39, 0.29) is 6.10 Å². The molecule has 104 valence electrons. The van der Waals surface area contributed by atoms with Gasteiger partial charge in [-0.2, -0.15) is 0 Å². The number of aliphatic carboxylic acids is 1. The highest BCUT2D eigenvalue weighted by Gasteiger charge is 2.43. The maximum atomic E-state index is 11.7. The van der Waals surface area contributed by atoms with Crippen LogP contribution in [0.3, 0.4) is 0 Å². The van der Waals surface area contributed by atoms with Crippen molar-refractivity contribution in [1.82, 2.24) is 0 Å². The van der Waals surface area contributed by atoms with Crippen LogP contribution in [0.1, 0.15) is 26.2 Å². The number of hydrogen-bond acceptors (Lipinski definition) is 3. The van der Waals surface area contributed by atoms with Crippen LogP contribution < -0.4 is 5.32 Å². The van der Waals surface area contributed by atoms with E-state index in [2.05, 4.69) is 21.2 Å². The van der Waals surface area contributed by atoms with Crippen LogP contribution in [-0.4, -0.2) is 29.3 Å². The summed E-state index contributed by atoms with van der Waals surface area (Å²) in [6.45, 7) is 2.49. The molecule has 5 heteroatoms. The lowest BCUT2D eigenvalue weighted by atomic mass is 9.85. The summed E-state index contributed by atoms with van der Waals surface area (Å²) >= 11 is 3.40. The van der Waals surface area contributed by atoms with Gasteiger partial charge in [0.05, 0.1) is 6.10 Å². The second kappa shape index (κ2) is 5.92. The molecule has 0 saturated carbocycles. The van der Waals surface area contributed by atoms with E-state index < -0.39 is 11.5 Å². The van der Waals surface area contributed by atoms with Crippen molar-refractivity contribution < 1.29 is 14.6 Å². The van der Waals surface area contributed by atoms with E-state index in [1.165, 1.54) is 0 Å². The Morgan fingerprint density at radius 3 is 3.05 bits per heavy atom.